The molecule has 7 nitrogen and oxygen atoms in total. The summed E-state index contributed by atoms with van der Waals surface area (Å²) in [4.78, 5) is 27.1. The smallest absolute Gasteiger partial charge is 0.243 e. The van der Waals surface area contributed by atoms with E-state index < -0.39 is 10.0 Å². The number of anilines is 1. The molecule has 1 aromatic rings. The van der Waals surface area contributed by atoms with Gasteiger partial charge in [0.1, 0.15) is 6.54 Å². The van der Waals surface area contributed by atoms with Crippen LogP contribution in [0.4, 0.5) is 5.69 Å². The van der Waals surface area contributed by atoms with Gasteiger partial charge in [-0.2, -0.15) is 4.31 Å². The number of benzene rings is 1. The molecule has 2 amide bonds. The number of rotatable bonds is 6. The van der Waals surface area contributed by atoms with Crippen LogP contribution in [0.25, 0.3) is 0 Å². The highest BCUT2D eigenvalue weighted by Crippen LogP contribution is 2.37. The highest BCUT2D eigenvalue weighted by Gasteiger charge is 2.32. The van der Waals surface area contributed by atoms with Crippen LogP contribution in [-0.2, 0) is 19.6 Å². The molecule has 1 aliphatic heterocycles. The standard InChI is InChI=1S/C20H29N3O4S2/c1-14(2)21-19(24)12-23-17-11-16(9-10-18(17)28-13-20(23)25)29(26,27)22(3)15-7-5-4-6-8-15/h9-11,14-15H,4-8,12-13H2,1-3H3,(H,21,24). The number of hydrogen-bond acceptors (Lipinski definition) is 5. The minimum Gasteiger partial charge on any atom is -0.352 e. The topological polar surface area (TPSA) is 86.8 Å². The first-order chi connectivity index (χ1) is 13.7. The maximum atomic E-state index is 13.2. The van der Waals surface area contributed by atoms with Gasteiger partial charge in [-0.15, -0.1) is 11.8 Å². The summed E-state index contributed by atoms with van der Waals surface area (Å²) in [6.07, 6.45) is 4.97. The number of amides is 2. The van der Waals surface area contributed by atoms with Gasteiger partial charge in [0.2, 0.25) is 21.8 Å². The number of carbonyl (C=O) groups is 2. The number of nitrogens with zero attached hydrogens (tertiary/aromatic N) is 2. The molecule has 160 valence electrons. The Bertz CT molecular complexity index is 880. The van der Waals surface area contributed by atoms with Gasteiger partial charge >= 0.3 is 0 Å². The number of carbonyl (C=O) groups excluding carboxylic acids is 2. The lowest BCUT2D eigenvalue weighted by Gasteiger charge is -2.32. The van der Waals surface area contributed by atoms with E-state index in [2.05, 4.69) is 5.32 Å². The van der Waals surface area contributed by atoms with Crippen molar-refractivity contribution in [2.45, 2.75) is 67.8 Å². The zero-order chi connectivity index (χ0) is 21.2. The molecule has 1 fully saturated rings. The van der Waals surface area contributed by atoms with Crippen molar-refractivity contribution in [1.82, 2.24) is 9.62 Å². The Morgan fingerprint density at radius 3 is 2.62 bits per heavy atom. The molecule has 0 bridgehead atoms. The second-order valence-corrected chi connectivity index (χ2v) is 10.9. The average molecular weight is 440 g/mol. The summed E-state index contributed by atoms with van der Waals surface area (Å²) in [5.74, 6) is -0.230. The van der Waals surface area contributed by atoms with Crippen molar-refractivity contribution >= 4 is 39.3 Å². The Morgan fingerprint density at radius 2 is 1.97 bits per heavy atom. The van der Waals surface area contributed by atoms with Crippen molar-refractivity contribution in [2.75, 3.05) is 24.2 Å². The molecule has 1 aromatic carbocycles. The summed E-state index contributed by atoms with van der Waals surface area (Å²) < 4.78 is 27.9. The van der Waals surface area contributed by atoms with Gasteiger partial charge in [0.25, 0.3) is 0 Å². The summed E-state index contributed by atoms with van der Waals surface area (Å²) in [7, 11) is -2.04. The predicted octanol–water partition coefficient (Wildman–Crippen LogP) is 2.60. The molecule has 1 aliphatic carbocycles. The van der Waals surface area contributed by atoms with E-state index >= 15 is 0 Å². The van der Waals surface area contributed by atoms with E-state index in [1.165, 1.54) is 27.0 Å². The lowest BCUT2D eigenvalue weighted by atomic mass is 9.96. The maximum absolute atomic E-state index is 13.2. The van der Waals surface area contributed by atoms with Crippen LogP contribution in [0.15, 0.2) is 28.0 Å². The van der Waals surface area contributed by atoms with E-state index in [1.54, 1.807) is 19.2 Å². The van der Waals surface area contributed by atoms with Crippen LogP contribution in [-0.4, -0.2) is 56.0 Å². The van der Waals surface area contributed by atoms with Gasteiger partial charge in [-0.25, -0.2) is 8.42 Å². The highest BCUT2D eigenvalue weighted by atomic mass is 32.2. The number of thioether (sulfide) groups is 1. The molecule has 29 heavy (non-hydrogen) atoms. The Kier molecular flexibility index (Phi) is 6.90. The van der Waals surface area contributed by atoms with E-state index in [-0.39, 0.29) is 41.1 Å². The Hall–Kier alpha value is -1.58. The van der Waals surface area contributed by atoms with Gasteiger partial charge in [0.15, 0.2) is 0 Å². The molecule has 1 N–H and O–H groups in total. The Labute approximate surface area is 177 Å². The first-order valence-corrected chi connectivity index (χ1v) is 12.5. The molecule has 0 unspecified atom stereocenters. The second-order valence-electron chi connectivity index (χ2n) is 7.93. The van der Waals surface area contributed by atoms with Crippen molar-refractivity contribution in [2.24, 2.45) is 0 Å². The van der Waals surface area contributed by atoms with E-state index in [4.69, 9.17) is 0 Å². The first kappa shape index (κ1) is 22.1. The molecule has 9 heteroatoms. The van der Waals surface area contributed by atoms with Crippen molar-refractivity contribution in [3.05, 3.63) is 18.2 Å². The molecule has 1 saturated carbocycles. The van der Waals surface area contributed by atoms with Gasteiger partial charge in [-0.1, -0.05) is 19.3 Å². The minimum atomic E-state index is -3.67. The molecular weight excluding hydrogens is 410 g/mol. The second kappa shape index (κ2) is 9.06. The molecule has 0 saturated heterocycles. The zero-order valence-electron chi connectivity index (χ0n) is 17.2. The molecule has 3 rings (SSSR count). The van der Waals surface area contributed by atoms with Crippen LogP contribution in [0.1, 0.15) is 46.0 Å². The average Bonchev–Trinajstić information content (AvgIpc) is 2.69. The zero-order valence-corrected chi connectivity index (χ0v) is 18.8. The van der Waals surface area contributed by atoms with Crippen LogP contribution in [0.2, 0.25) is 0 Å². The number of fused-ring (bicyclic) bond motifs is 1. The fourth-order valence-corrected chi connectivity index (χ4v) is 6.19. The largest absolute Gasteiger partial charge is 0.352 e. The molecule has 0 radical (unpaired) electrons. The Balaban J connectivity index is 1.89. The molecular formula is C20H29N3O4S2. The SMILES string of the molecule is CC(C)NC(=O)CN1C(=O)CSc2ccc(S(=O)(=O)N(C)C3CCCCC3)cc21. The van der Waals surface area contributed by atoms with Gasteiger partial charge in [-0.05, 0) is 44.9 Å². The quantitative estimate of drug-likeness (QED) is 0.736. The van der Waals surface area contributed by atoms with Crippen molar-refractivity contribution in [1.29, 1.82) is 0 Å². The van der Waals surface area contributed by atoms with Gasteiger partial charge in [0.05, 0.1) is 16.3 Å². The molecule has 0 atom stereocenters. The third-order valence-electron chi connectivity index (χ3n) is 5.39. The summed E-state index contributed by atoms with van der Waals surface area (Å²) in [5, 5.41) is 2.78. The van der Waals surface area contributed by atoms with E-state index in [9.17, 15) is 18.0 Å². The Morgan fingerprint density at radius 1 is 1.28 bits per heavy atom. The third-order valence-corrected chi connectivity index (χ3v) is 8.34. The summed E-state index contributed by atoms with van der Waals surface area (Å²) in [6.45, 7) is 3.59. The monoisotopic (exact) mass is 439 g/mol. The van der Waals surface area contributed by atoms with Crippen LogP contribution in [0, 0.1) is 0 Å². The van der Waals surface area contributed by atoms with Crippen LogP contribution in [0.3, 0.4) is 0 Å². The lowest BCUT2D eigenvalue weighted by Crippen LogP contribution is -2.45. The lowest BCUT2D eigenvalue weighted by molar-refractivity contribution is -0.123. The molecule has 1 heterocycles. The first-order valence-electron chi connectivity index (χ1n) is 10.0. The van der Waals surface area contributed by atoms with E-state index in [0.717, 1.165) is 37.0 Å². The summed E-state index contributed by atoms with van der Waals surface area (Å²) in [5.41, 5.74) is 0.489. The number of sulfonamides is 1. The van der Waals surface area contributed by atoms with Crippen molar-refractivity contribution in [3.8, 4) is 0 Å². The number of nitrogens with one attached hydrogen (secondary N) is 1. The normalized spacial score (nSPS) is 18.2. The van der Waals surface area contributed by atoms with Crippen LogP contribution < -0.4 is 10.2 Å². The van der Waals surface area contributed by atoms with Gasteiger partial charge in [0, 0.05) is 24.0 Å². The van der Waals surface area contributed by atoms with Crippen molar-refractivity contribution < 1.29 is 18.0 Å². The summed E-state index contributed by atoms with van der Waals surface area (Å²) >= 11 is 1.37. The van der Waals surface area contributed by atoms with Crippen LogP contribution in [0.5, 0.6) is 0 Å². The minimum absolute atomic E-state index is 0.00807. The third kappa shape index (κ3) is 4.95. The fourth-order valence-electron chi connectivity index (χ4n) is 3.83. The highest BCUT2D eigenvalue weighted by molar-refractivity contribution is 8.00. The maximum Gasteiger partial charge on any atom is 0.243 e. The predicted molar refractivity (Wildman–Crippen MR) is 115 cm³/mol. The number of hydrogen-bond donors (Lipinski definition) is 1. The van der Waals surface area contributed by atoms with Gasteiger partial charge in [-0.3, -0.25) is 9.59 Å². The van der Waals surface area contributed by atoms with Gasteiger partial charge < -0.3 is 10.2 Å². The summed E-state index contributed by atoms with van der Waals surface area (Å²) in [6, 6.07) is 4.85. The van der Waals surface area contributed by atoms with E-state index in [1.807, 2.05) is 13.8 Å². The molecule has 0 spiro atoms. The van der Waals surface area contributed by atoms with E-state index in [0.29, 0.717) is 5.69 Å². The molecule has 0 aromatic heterocycles. The fraction of sp³-hybridized carbons (Fsp3) is 0.600. The van der Waals surface area contributed by atoms with Crippen molar-refractivity contribution in [3.63, 3.8) is 0 Å². The molecule has 2 aliphatic rings. The van der Waals surface area contributed by atoms with Crippen LogP contribution >= 0.6 is 11.8 Å².